The SMILES string of the molecule is O=C(c1ccc(F)cc1)c1cccc(C#Cc2ccc(F)cc2)c1. The molecule has 0 N–H and O–H groups in total. The maximum absolute atomic E-state index is 13.0. The molecule has 0 spiro atoms. The van der Waals surface area contributed by atoms with Crippen molar-refractivity contribution in [2.24, 2.45) is 0 Å². The van der Waals surface area contributed by atoms with E-state index in [-0.39, 0.29) is 17.4 Å². The van der Waals surface area contributed by atoms with E-state index >= 15 is 0 Å². The molecule has 116 valence electrons. The summed E-state index contributed by atoms with van der Waals surface area (Å²) in [5.74, 6) is 4.99. The fourth-order valence-electron chi connectivity index (χ4n) is 2.18. The van der Waals surface area contributed by atoms with E-state index in [0.29, 0.717) is 22.3 Å². The number of hydrogen-bond donors (Lipinski definition) is 0. The zero-order valence-corrected chi connectivity index (χ0v) is 12.6. The molecule has 3 aromatic rings. The Hall–Kier alpha value is -3.25. The maximum atomic E-state index is 13.0. The van der Waals surface area contributed by atoms with E-state index in [4.69, 9.17) is 0 Å². The summed E-state index contributed by atoms with van der Waals surface area (Å²) in [5, 5.41) is 0. The Kier molecular flexibility index (Phi) is 4.49. The van der Waals surface area contributed by atoms with Gasteiger partial charge in [0.25, 0.3) is 0 Å². The van der Waals surface area contributed by atoms with E-state index in [1.165, 1.54) is 36.4 Å². The summed E-state index contributed by atoms with van der Waals surface area (Å²) in [6.07, 6.45) is 0. The van der Waals surface area contributed by atoms with Gasteiger partial charge in [0.15, 0.2) is 5.78 Å². The van der Waals surface area contributed by atoms with E-state index in [0.717, 1.165) is 0 Å². The zero-order chi connectivity index (χ0) is 16.9. The van der Waals surface area contributed by atoms with Crippen LogP contribution >= 0.6 is 0 Å². The molecule has 0 aliphatic rings. The summed E-state index contributed by atoms with van der Waals surface area (Å²) < 4.78 is 25.8. The minimum Gasteiger partial charge on any atom is -0.289 e. The first kappa shape index (κ1) is 15.6. The van der Waals surface area contributed by atoms with Crippen molar-refractivity contribution >= 4 is 5.78 Å². The Labute approximate surface area is 138 Å². The number of halogens is 2. The van der Waals surface area contributed by atoms with E-state index in [1.54, 1.807) is 36.4 Å². The second-order valence-electron chi connectivity index (χ2n) is 5.17. The smallest absolute Gasteiger partial charge is 0.193 e. The normalized spacial score (nSPS) is 9.92. The average molecular weight is 318 g/mol. The molecule has 0 bridgehead atoms. The van der Waals surface area contributed by atoms with Gasteiger partial charge in [-0.25, -0.2) is 8.78 Å². The third-order valence-electron chi connectivity index (χ3n) is 3.43. The Balaban J connectivity index is 1.85. The van der Waals surface area contributed by atoms with E-state index in [1.807, 2.05) is 0 Å². The van der Waals surface area contributed by atoms with Crippen LogP contribution in [0.5, 0.6) is 0 Å². The molecule has 0 aromatic heterocycles. The van der Waals surface area contributed by atoms with Gasteiger partial charge >= 0.3 is 0 Å². The molecule has 24 heavy (non-hydrogen) atoms. The predicted molar refractivity (Wildman–Crippen MR) is 88.7 cm³/mol. The summed E-state index contributed by atoms with van der Waals surface area (Å²) in [5.41, 5.74) is 2.26. The Bertz CT molecular complexity index is 930. The predicted octanol–water partition coefficient (Wildman–Crippen LogP) is 4.60. The number of rotatable bonds is 2. The number of benzene rings is 3. The molecule has 0 amide bonds. The highest BCUT2D eigenvalue weighted by molar-refractivity contribution is 6.09. The average Bonchev–Trinajstić information content (AvgIpc) is 2.61. The van der Waals surface area contributed by atoms with Crippen molar-refractivity contribution in [3.05, 3.63) is 107 Å². The first-order chi connectivity index (χ1) is 11.6. The summed E-state index contributed by atoms with van der Waals surface area (Å²) >= 11 is 0. The second-order valence-corrected chi connectivity index (χ2v) is 5.17. The summed E-state index contributed by atoms with van der Waals surface area (Å²) in [6, 6.07) is 18.2. The third kappa shape index (κ3) is 3.74. The Morgan fingerprint density at radius 1 is 0.667 bits per heavy atom. The van der Waals surface area contributed by atoms with Gasteiger partial charge in [0.05, 0.1) is 0 Å². The van der Waals surface area contributed by atoms with Gasteiger partial charge in [0, 0.05) is 22.3 Å². The van der Waals surface area contributed by atoms with Gasteiger partial charge in [-0.1, -0.05) is 24.0 Å². The summed E-state index contributed by atoms with van der Waals surface area (Å²) in [6.45, 7) is 0. The third-order valence-corrected chi connectivity index (χ3v) is 3.43. The highest BCUT2D eigenvalue weighted by atomic mass is 19.1. The molecular weight excluding hydrogens is 306 g/mol. The second kappa shape index (κ2) is 6.89. The topological polar surface area (TPSA) is 17.1 Å². The molecule has 0 radical (unpaired) electrons. The van der Waals surface area contributed by atoms with Crippen molar-refractivity contribution < 1.29 is 13.6 Å². The molecule has 0 atom stereocenters. The minimum absolute atomic E-state index is 0.194. The molecule has 0 saturated carbocycles. The molecule has 0 aliphatic heterocycles. The zero-order valence-electron chi connectivity index (χ0n) is 12.6. The fourth-order valence-corrected chi connectivity index (χ4v) is 2.18. The lowest BCUT2D eigenvalue weighted by Crippen LogP contribution is -2.01. The van der Waals surface area contributed by atoms with Crippen molar-refractivity contribution in [3.8, 4) is 11.8 Å². The molecule has 3 heteroatoms. The highest BCUT2D eigenvalue weighted by Crippen LogP contribution is 2.12. The van der Waals surface area contributed by atoms with Crippen LogP contribution in [0.15, 0.2) is 72.8 Å². The summed E-state index contributed by atoms with van der Waals surface area (Å²) in [7, 11) is 0. The molecule has 1 nitrogen and oxygen atoms in total. The summed E-state index contributed by atoms with van der Waals surface area (Å²) in [4.78, 5) is 12.4. The monoisotopic (exact) mass is 318 g/mol. The molecule has 0 unspecified atom stereocenters. The molecular formula is C21H12F2O. The van der Waals surface area contributed by atoms with Gasteiger partial charge < -0.3 is 0 Å². The molecule has 3 rings (SSSR count). The van der Waals surface area contributed by atoms with Crippen molar-refractivity contribution in [1.29, 1.82) is 0 Å². The number of ketones is 1. The van der Waals surface area contributed by atoms with Crippen LogP contribution in [0.4, 0.5) is 8.78 Å². The lowest BCUT2D eigenvalue weighted by Gasteiger charge is -2.02. The van der Waals surface area contributed by atoms with Crippen molar-refractivity contribution in [1.82, 2.24) is 0 Å². The fraction of sp³-hybridized carbons (Fsp3) is 0. The van der Waals surface area contributed by atoms with Gasteiger partial charge in [-0.15, -0.1) is 0 Å². The maximum Gasteiger partial charge on any atom is 0.193 e. The van der Waals surface area contributed by atoms with Gasteiger partial charge in [-0.3, -0.25) is 4.79 Å². The Morgan fingerprint density at radius 2 is 1.25 bits per heavy atom. The largest absolute Gasteiger partial charge is 0.289 e. The standard InChI is InChI=1S/C21H12F2O/c22-19-10-6-15(7-11-19)4-5-16-2-1-3-18(14-16)21(24)17-8-12-20(23)13-9-17/h1-3,6-14H. The van der Waals surface area contributed by atoms with Crippen LogP contribution < -0.4 is 0 Å². The molecule has 3 aromatic carbocycles. The number of carbonyl (C=O) groups is 1. The van der Waals surface area contributed by atoms with Crippen LogP contribution in [0, 0.1) is 23.5 Å². The van der Waals surface area contributed by atoms with E-state index < -0.39 is 0 Å². The molecule has 0 fully saturated rings. The lowest BCUT2D eigenvalue weighted by atomic mass is 10.0. The van der Waals surface area contributed by atoms with Crippen molar-refractivity contribution in [3.63, 3.8) is 0 Å². The quantitative estimate of drug-likeness (QED) is 0.499. The van der Waals surface area contributed by atoms with Crippen LogP contribution in [0.1, 0.15) is 27.0 Å². The number of carbonyl (C=O) groups excluding carboxylic acids is 1. The van der Waals surface area contributed by atoms with E-state index in [9.17, 15) is 13.6 Å². The van der Waals surface area contributed by atoms with Gasteiger partial charge in [-0.05, 0) is 60.7 Å². The van der Waals surface area contributed by atoms with Gasteiger partial charge in [0.2, 0.25) is 0 Å². The van der Waals surface area contributed by atoms with Crippen molar-refractivity contribution in [2.75, 3.05) is 0 Å². The van der Waals surface area contributed by atoms with Gasteiger partial charge in [-0.2, -0.15) is 0 Å². The van der Waals surface area contributed by atoms with Crippen molar-refractivity contribution in [2.45, 2.75) is 0 Å². The molecule has 0 aliphatic carbocycles. The van der Waals surface area contributed by atoms with Gasteiger partial charge in [0.1, 0.15) is 11.6 Å². The van der Waals surface area contributed by atoms with Crippen LogP contribution in [0.2, 0.25) is 0 Å². The minimum atomic E-state index is -0.384. The highest BCUT2D eigenvalue weighted by Gasteiger charge is 2.09. The van der Waals surface area contributed by atoms with Crippen LogP contribution in [0.3, 0.4) is 0 Å². The molecule has 0 saturated heterocycles. The van der Waals surface area contributed by atoms with Crippen LogP contribution in [0.25, 0.3) is 0 Å². The van der Waals surface area contributed by atoms with E-state index in [2.05, 4.69) is 11.8 Å². The van der Waals surface area contributed by atoms with Crippen LogP contribution in [-0.2, 0) is 0 Å². The first-order valence-electron chi connectivity index (χ1n) is 7.30. The Morgan fingerprint density at radius 3 is 1.92 bits per heavy atom. The first-order valence-corrected chi connectivity index (χ1v) is 7.30. The molecule has 0 heterocycles. The van der Waals surface area contributed by atoms with Crippen LogP contribution in [-0.4, -0.2) is 5.78 Å². The number of hydrogen-bond acceptors (Lipinski definition) is 1. The lowest BCUT2D eigenvalue weighted by molar-refractivity contribution is 0.103.